The summed E-state index contributed by atoms with van der Waals surface area (Å²) in [5, 5.41) is 3.65. The molecular weight excluding hydrogens is 451 g/mol. The lowest BCUT2D eigenvalue weighted by Gasteiger charge is -2.30. The molecule has 1 aliphatic heterocycles. The third-order valence-electron chi connectivity index (χ3n) is 4.95. The number of anilines is 1. The Kier molecular flexibility index (Phi) is 7.13. The Morgan fingerprint density at radius 3 is 2.17 bits per heavy atom. The van der Waals surface area contributed by atoms with Crippen LogP contribution in [0.3, 0.4) is 0 Å². The maximum atomic E-state index is 13.0. The van der Waals surface area contributed by atoms with Crippen molar-refractivity contribution in [3.63, 3.8) is 0 Å². The number of benzene rings is 2. The van der Waals surface area contributed by atoms with Crippen LogP contribution in [-0.4, -0.2) is 45.9 Å². The fraction of sp³-hybridized carbons (Fsp3) is 0.350. The third kappa shape index (κ3) is 5.00. The summed E-state index contributed by atoms with van der Waals surface area (Å²) in [5.74, 6) is 0.303. The monoisotopic (exact) mass is 472 g/mol. The number of amides is 1. The van der Waals surface area contributed by atoms with Gasteiger partial charge in [-0.15, -0.1) is 0 Å². The van der Waals surface area contributed by atoms with E-state index in [0.29, 0.717) is 40.1 Å². The first-order valence-corrected chi connectivity index (χ1v) is 11.4. The van der Waals surface area contributed by atoms with Crippen molar-refractivity contribution in [3.05, 3.63) is 46.4 Å². The summed E-state index contributed by atoms with van der Waals surface area (Å²) in [4.78, 5) is 12.7. The van der Waals surface area contributed by atoms with E-state index in [1.807, 2.05) is 0 Å². The molecule has 1 saturated heterocycles. The number of halogens is 2. The van der Waals surface area contributed by atoms with E-state index in [0.717, 1.165) is 0 Å². The van der Waals surface area contributed by atoms with Crippen molar-refractivity contribution < 1.29 is 22.7 Å². The Balaban J connectivity index is 1.66. The molecule has 1 fully saturated rings. The normalized spacial score (nSPS) is 15.6. The van der Waals surface area contributed by atoms with E-state index in [9.17, 15) is 13.2 Å². The van der Waals surface area contributed by atoms with Crippen molar-refractivity contribution in [2.45, 2.75) is 17.7 Å². The highest BCUT2D eigenvalue weighted by atomic mass is 35.5. The van der Waals surface area contributed by atoms with E-state index in [1.165, 1.54) is 30.7 Å². The number of ether oxygens (including phenoxy) is 2. The Bertz CT molecular complexity index is 1020. The molecule has 1 heterocycles. The van der Waals surface area contributed by atoms with Crippen LogP contribution < -0.4 is 14.8 Å². The van der Waals surface area contributed by atoms with Crippen LogP contribution in [0.4, 0.5) is 5.69 Å². The van der Waals surface area contributed by atoms with Gasteiger partial charge in [-0.05, 0) is 43.2 Å². The van der Waals surface area contributed by atoms with Gasteiger partial charge < -0.3 is 14.8 Å². The average molecular weight is 473 g/mol. The van der Waals surface area contributed by atoms with Gasteiger partial charge in [0.25, 0.3) is 0 Å². The number of sulfonamides is 1. The molecule has 0 spiro atoms. The minimum absolute atomic E-state index is 0.122. The van der Waals surface area contributed by atoms with E-state index in [2.05, 4.69) is 5.32 Å². The molecule has 7 nitrogen and oxygen atoms in total. The van der Waals surface area contributed by atoms with E-state index >= 15 is 0 Å². The molecule has 0 aliphatic carbocycles. The lowest BCUT2D eigenvalue weighted by atomic mass is 9.97. The maximum Gasteiger partial charge on any atom is 0.243 e. The van der Waals surface area contributed by atoms with Crippen molar-refractivity contribution in [2.24, 2.45) is 5.92 Å². The molecule has 0 aromatic heterocycles. The number of carbonyl (C=O) groups excluding carboxylic acids is 1. The standard InChI is InChI=1S/C20H22Cl2N2O5S/c1-28-18-4-3-17(12-19(18)29-2)30(26,27)24-7-5-13(6-8-24)20(25)23-16-10-14(21)9-15(22)11-16/h3-4,9-13H,5-8H2,1-2H3,(H,23,25). The highest BCUT2D eigenvalue weighted by Gasteiger charge is 2.32. The highest BCUT2D eigenvalue weighted by molar-refractivity contribution is 7.89. The van der Waals surface area contributed by atoms with E-state index in [1.54, 1.807) is 24.3 Å². The first-order chi connectivity index (χ1) is 14.2. The molecule has 1 aliphatic rings. The number of methoxy groups -OCH3 is 2. The lowest BCUT2D eigenvalue weighted by Crippen LogP contribution is -2.41. The molecule has 1 N–H and O–H groups in total. The fourth-order valence-electron chi connectivity index (χ4n) is 3.35. The summed E-state index contributed by atoms with van der Waals surface area (Å²) in [6, 6.07) is 9.29. The fourth-order valence-corrected chi connectivity index (χ4v) is 5.37. The van der Waals surface area contributed by atoms with Crippen molar-refractivity contribution in [1.82, 2.24) is 4.31 Å². The van der Waals surface area contributed by atoms with Crippen LogP contribution >= 0.6 is 23.2 Å². The van der Waals surface area contributed by atoms with Crippen molar-refractivity contribution in [3.8, 4) is 11.5 Å². The molecule has 2 aromatic rings. The van der Waals surface area contributed by atoms with E-state index in [4.69, 9.17) is 32.7 Å². The number of rotatable bonds is 6. The number of nitrogens with zero attached hydrogens (tertiary/aromatic N) is 1. The predicted molar refractivity (Wildman–Crippen MR) is 116 cm³/mol. The topological polar surface area (TPSA) is 84.9 Å². The Morgan fingerprint density at radius 2 is 1.60 bits per heavy atom. The zero-order valence-electron chi connectivity index (χ0n) is 16.5. The number of piperidine rings is 1. The van der Waals surface area contributed by atoms with Crippen LogP contribution in [0.1, 0.15) is 12.8 Å². The largest absolute Gasteiger partial charge is 0.493 e. The Morgan fingerprint density at radius 1 is 1.00 bits per heavy atom. The predicted octanol–water partition coefficient (Wildman–Crippen LogP) is 4.05. The van der Waals surface area contributed by atoms with Gasteiger partial charge in [0.1, 0.15) is 0 Å². The first-order valence-electron chi connectivity index (χ1n) is 9.23. The van der Waals surface area contributed by atoms with E-state index in [-0.39, 0.29) is 29.8 Å². The quantitative estimate of drug-likeness (QED) is 0.685. The first kappa shape index (κ1) is 22.7. The van der Waals surface area contributed by atoms with Gasteiger partial charge >= 0.3 is 0 Å². The van der Waals surface area contributed by atoms with Gasteiger partial charge in [0, 0.05) is 40.8 Å². The van der Waals surface area contributed by atoms with Gasteiger partial charge in [-0.25, -0.2) is 8.42 Å². The van der Waals surface area contributed by atoms with Crippen LogP contribution in [0.2, 0.25) is 10.0 Å². The van der Waals surface area contributed by atoms with Crippen LogP contribution in [-0.2, 0) is 14.8 Å². The average Bonchev–Trinajstić information content (AvgIpc) is 2.72. The zero-order valence-corrected chi connectivity index (χ0v) is 18.9. The van der Waals surface area contributed by atoms with Gasteiger partial charge in [0.2, 0.25) is 15.9 Å². The summed E-state index contributed by atoms with van der Waals surface area (Å²) < 4.78 is 37.7. The zero-order chi connectivity index (χ0) is 21.9. The van der Waals surface area contributed by atoms with Crippen LogP contribution in [0.15, 0.2) is 41.3 Å². The van der Waals surface area contributed by atoms with Crippen LogP contribution in [0.25, 0.3) is 0 Å². The van der Waals surface area contributed by atoms with E-state index < -0.39 is 10.0 Å². The Hall–Kier alpha value is -2.00. The van der Waals surface area contributed by atoms with Gasteiger partial charge in [-0.1, -0.05) is 23.2 Å². The number of carbonyl (C=O) groups is 1. The molecule has 0 radical (unpaired) electrons. The van der Waals surface area contributed by atoms with Gasteiger partial charge in [-0.3, -0.25) is 4.79 Å². The molecule has 2 aromatic carbocycles. The summed E-state index contributed by atoms with van der Waals surface area (Å²) >= 11 is 11.9. The van der Waals surface area contributed by atoms with Crippen molar-refractivity contribution in [1.29, 1.82) is 0 Å². The molecular formula is C20H22Cl2N2O5S. The van der Waals surface area contributed by atoms with Crippen LogP contribution in [0, 0.1) is 5.92 Å². The van der Waals surface area contributed by atoms with Gasteiger partial charge in [0.05, 0.1) is 19.1 Å². The summed E-state index contributed by atoms with van der Waals surface area (Å²) in [7, 11) is -0.773. The summed E-state index contributed by atoms with van der Waals surface area (Å²) in [5.41, 5.74) is 0.512. The van der Waals surface area contributed by atoms with Gasteiger partial charge in [0.15, 0.2) is 11.5 Å². The third-order valence-corrected chi connectivity index (χ3v) is 7.28. The second-order valence-corrected chi connectivity index (χ2v) is 9.65. The van der Waals surface area contributed by atoms with Crippen molar-refractivity contribution in [2.75, 3.05) is 32.6 Å². The molecule has 30 heavy (non-hydrogen) atoms. The molecule has 10 heteroatoms. The number of hydrogen-bond donors (Lipinski definition) is 1. The molecule has 3 rings (SSSR count). The summed E-state index contributed by atoms with van der Waals surface area (Å²) in [6.45, 7) is 0.482. The second kappa shape index (κ2) is 9.43. The Labute approximate surface area is 185 Å². The van der Waals surface area contributed by atoms with Crippen LogP contribution in [0.5, 0.6) is 11.5 Å². The summed E-state index contributed by atoms with van der Waals surface area (Å²) in [6.07, 6.45) is 0.819. The lowest BCUT2D eigenvalue weighted by molar-refractivity contribution is -0.120. The molecule has 0 saturated carbocycles. The molecule has 1 amide bonds. The smallest absolute Gasteiger partial charge is 0.243 e. The minimum Gasteiger partial charge on any atom is -0.493 e. The second-order valence-electron chi connectivity index (χ2n) is 6.84. The highest BCUT2D eigenvalue weighted by Crippen LogP contribution is 2.32. The SMILES string of the molecule is COc1ccc(S(=O)(=O)N2CCC(C(=O)Nc3cc(Cl)cc(Cl)c3)CC2)cc1OC. The molecule has 0 atom stereocenters. The minimum atomic E-state index is -3.71. The molecule has 162 valence electrons. The molecule has 0 unspecified atom stereocenters. The van der Waals surface area contributed by atoms with Crippen molar-refractivity contribution >= 4 is 44.8 Å². The maximum absolute atomic E-state index is 13.0. The molecule has 0 bridgehead atoms. The van der Waals surface area contributed by atoms with Gasteiger partial charge in [-0.2, -0.15) is 4.31 Å². The number of hydrogen-bond acceptors (Lipinski definition) is 5. The number of nitrogens with one attached hydrogen (secondary N) is 1.